The first-order chi connectivity index (χ1) is 6.24. The molecule has 13 heavy (non-hydrogen) atoms. The topological polar surface area (TPSA) is 15.6 Å². The molecule has 0 saturated carbocycles. The molecule has 0 aromatic carbocycles. The molecule has 0 saturated heterocycles. The quantitative estimate of drug-likeness (QED) is 0.558. The lowest BCUT2D eigenvalue weighted by atomic mass is 9.88. The van der Waals surface area contributed by atoms with E-state index >= 15 is 0 Å². The van der Waals surface area contributed by atoms with Gasteiger partial charge in [-0.1, -0.05) is 25.2 Å². The van der Waals surface area contributed by atoms with Crippen molar-refractivity contribution in [2.24, 2.45) is 16.9 Å². The molecule has 2 heteroatoms. The second-order valence-electron chi connectivity index (χ2n) is 3.62. The standard InChI is InChI=1S/C11H14N2/c1-8-5-4-6-11-10(8)7-9(2)13(11)12-3/h4-8,10H,3H2,1-2H3. The molecule has 2 nitrogen and oxygen atoms in total. The van der Waals surface area contributed by atoms with Crippen LogP contribution in [0.2, 0.25) is 0 Å². The number of hydrogen-bond donors (Lipinski definition) is 0. The molecule has 1 aliphatic heterocycles. The van der Waals surface area contributed by atoms with Gasteiger partial charge in [0.15, 0.2) is 0 Å². The van der Waals surface area contributed by atoms with E-state index in [-0.39, 0.29) is 0 Å². The van der Waals surface area contributed by atoms with Gasteiger partial charge in [-0.15, -0.1) is 0 Å². The first-order valence-electron chi connectivity index (χ1n) is 4.57. The molecule has 2 rings (SSSR count). The molecule has 2 atom stereocenters. The molecule has 0 spiro atoms. The zero-order valence-electron chi connectivity index (χ0n) is 8.07. The van der Waals surface area contributed by atoms with Crippen molar-refractivity contribution >= 4 is 6.72 Å². The SMILES string of the molecule is C=NN1C(C)=CC2C1=CC=CC2C. The van der Waals surface area contributed by atoms with Crippen LogP contribution in [0.3, 0.4) is 0 Å². The lowest BCUT2D eigenvalue weighted by Crippen LogP contribution is -2.17. The number of allylic oxidation sites excluding steroid dienone is 5. The Hall–Kier alpha value is -1.31. The van der Waals surface area contributed by atoms with Crippen LogP contribution in [-0.4, -0.2) is 11.7 Å². The van der Waals surface area contributed by atoms with Gasteiger partial charge in [0.25, 0.3) is 0 Å². The summed E-state index contributed by atoms with van der Waals surface area (Å²) in [5, 5.41) is 5.92. The minimum absolute atomic E-state index is 0.496. The van der Waals surface area contributed by atoms with Gasteiger partial charge in [-0.25, -0.2) is 5.01 Å². The van der Waals surface area contributed by atoms with Gasteiger partial charge < -0.3 is 0 Å². The van der Waals surface area contributed by atoms with Gasteiger partial charge in [-0.3, -0.25) is 0 Å². The van der Waals surface area contributed by atoms with Gasteiger partial charge in [0.2, 0.25) is 0 Å². The maximum Gasteiger partial charge on any atom is 0.0497 e. The van der Waals surface area contributed by atoms with Crippen molar-refractivity contribution in [3.63, 3.8) is 0 Å². The van der Waals surface area contributed by atoms with Crippen LogP contribution in [0.1, 0.15) is 13.8 Å². The molecule has 0 aromatic rings. The Morgan fingerprint density at radius 1 is 1.54 bits per heavy atom. The van der Waals surface area contributed by atoms with E-state index in [2.05, 4.69) is 50.0 Å². The van der Waals surface area contributed by atoms with E-state index in [0.717, 1.165) is 0 Å². The van der Waals surface area contributed by atoms with Gasteiger partial charge in [-0.2, -0.15) is 5.10 Å². The van der Waals surface area contributed by atoms with Crippen molar-refractivity contribution in [3.8, 4) is 0 Å². The average molecular weight is 174 g/mol. The van der Waals surface area contributed by atoms with Crippen LogP contribution < -0.4 is 0 Å². The van der Waals surface area contributed by atoms with E-state index in [9.17, 15) is 0 Å². The summed E-state index contributed by atoms with van der Waals surface area (Å²) in [5.74, 6) is 1.07. The highest BCUT2D eigenvalue weighted by atomic mass is 15.5. The molecule has 0 aromatic heterocycles. The maximum absolute atomic E-state index is 4.00. The molecule has 0 fully saturated rings. The maximum atomic E-state index is 4.00. The van der Waals surface area contributed by atoms with Gasteiger partial charge in [0, 0.05) is 24.0 Å². The Labute approximate surface area is 78.9 Å². The zero-order chi connectivity index (χ0) is 9.42. The Balaban J connectivity index is 2.39. The predicted molar refractivity (Wildman–Crippen MR) is 55.0 cm³/mol. The summed E-state index contributed by atoms with van der Waals surface area (Å²) in [6.45, 7) is 7.88. The molecule has 68 valence electrons. The first kappa shape index (κ1) is 8.30. The van der Waals surface area contributed by atoms with Crippen molar-refractivity contribution in [1.82, 2.24) is 5.01 Å². The summed E-state index contributed by atoms with van der Waals surface area (Å²) in [6.07, 6.45) is 8.70. The van der Waals surface area contributed by atoms with Crippen molar-refractivity contribution in [1.29, 1.82) is 0 Å². The van der Waals surface area contributed by atoms with Crippen LogP contribution >= 0.6 is 0 Å². The monoisotopic (exact) mass is 174 g/mol. The smallest absolute Gasteiger partial charge is 0.0497 e. The van der Waals surface area contributed by atoms with E-state index in [0.29, 0.717) is 11.8 Å². The fraction of sp³-hybridized carbons (Fsp3) is 0.364. The van der Waals surface area contributed by atoms with Gasteiger partial charge in [0.05, 0.1) is 0 Å². The Morgan fingerprint density at radius 2 is 2.31 bits per heavy atom. The molecular weight excluding hydrogens is 160 g/mol. The molecule has 1 heterocycles. The zero-order valence-corrected chi connectivity index (χ0v) is 8.07. The molecule has 2 unspecified atom stereocenters. The first-order valence-corrected chi connectivity index (χ1v) is 4.57. The van der Waals surface area contributed by atoms with Crippen LogP contribution in [0.15, 0.2) is 40.8 Å². The molecule has 0 amide bonds. The predicted octanol–water partition coefficient (Wildman–Crippen LogP) is 2.53. The average Bonchev–Trinajstić information content (AvgIpc) is 2.43. The highest BCUT2D eigenvalue weighted by Gasteiger charge is 2.30. The van der Waals surface area contributed by atoms with Crippen molar-refractivity contribution in [3.05, 3.63) is 35.7 Å². The van der Waals surface area contributed by atoms with Crippen molar-refractivity contribution in [2.75, 3.05) is 0 Å². The fourth-order valence-corrected chi connectivity index (χ4v) is 2.01. The second-order valence-corrected chi connectivity index (χ2v) is 3.62. The third-order valence-electron chi connectivity index (χ3n) is 2.73. The number of nitrogens with zero attached hydrogens (tertiary/aromatic N) is 2. The molecular formula is C11H14N2. The summed E-state index contributed by atoms with van der Waals surface area (Å²) in [5.41, 5.74) is 2.43. The molecule has 0 N–H and O–H groups in total. The minimum Gasteiger partial charge on any atom is -0.243 e. The number of hydrogen-bond acceptors (Lipinski definition) is 2. The highest BCUT2D eigenvalue weighted by molar-refractivity contribution is 5.36. The van der Waals surface area contributed by atoms with Crippen molar-refractivity contribution in [2.45, 2.75) is 13.8 Å². The van der Waals surface area contributed by atoms with Crippen LogP contribution in [0, 0.1) is 11.8 Å². The summed E-state index contributed by atoms with van der Waals surface area (Å²) in [6, 6.07) is 0. The Morgan fingerprint density at radius 3 is 3.00 bits per heavy atom. The molecule has 2 aliphatic rings. The van der Waals surface area contributed by atoms with E-state index in [1.165, 1.54) is 11.4 Å². The minimum atomic E-state index is 0.496. The van der Waals surface area contributed by atoms with Crippen LogP contribution in [0.25, 0.3) is 0 Å². The van der Waals surface area contributed by atoms with Gasteiger partial charge in [0.1, 0.15) is 0 Å². The van der Waals surface area contributed by atoms with E-state index in [1.54, 1.807) is 0 Å². The summed E-state index contributed by atoms with van der Waals surface area (Å²) < 4.78 is 0. The number of fused-ring (bicyclic) bond motifs is 1. The van der Waals surface area contributed by atoms with Gasteiger partial charge >= 0.3 is 0 Å². The highest BCUT2D eigenvalue weighted by Crippen LogP contribution is 2.37. The summed E-state index contributed by atoms with van der Waals surface area (Å²) >= 11 is 0. The van der Waals surface area contributed by atoms with Gasteiger partial charge in [-0.05, 0) is 18.9 Å². The number of rotatable bonds is 1. The molecule has 0 radical (unpaired) electrons. The molecule has 1 aliphatic carbocycles. The summed E-state index contributed by atoms with van der Waals surface area (Å²) in [4.78, 5) is 0. The number of hydrazone groups is 1. The lowest BCUT2D eigenvalue weighted by Gasteiger charge is -2.23. The fourth-order valence-electron chi connectivity index (χ4n) is 2.01. The summed E-state index contributed by atoms with van der Waals surface area (Å²) in [7, 11) is 0. The third kappa shape index (κ3) is 1.13. The Bertz CT molecular complexity index is 323. The van der Waals surface area contributed by atoms with E-state index in [1.807, 2.05) is 5.01 Å². The second kappa shape index (κ2) is 2.87. The molecule has 0 bridgehead atoms. The van der Waals surface area contributed by atoms with Crippen molar-refractivity contribution < 1.29 is 0 Å². The van der Waals surface area contributed by atoms with Crippen LogP contribution in [-0.2, 0) is 0 Å². The van der Waals surface area contributed by atoms with Crippen LogP contribution in [0.4, 0.5) is 0 Å². The Kier molecular flexibility index (Phi) is 1.83. The largest absolute Gasteiger partial charge is 0.243 e. The van der Waals surface area contributed by atoms with Crippen LogP contribution in [0.5, 0.6) is 0 Å². The van der Waals surface area contributed by atoms with E-state index in [4.69, 9.17) is 0 Å². The lowest BCUT2D eigenvalue weighted by molar-refractivity contribution is 0.422. The normalized spacial score (nSPS) is 31.1. The third-order valence-corrected chi connectivity index (χ3v) is 2.73. The van der Waals surface area contributed by atoms with E-state index < -0.39 is 0 Å².